The SMILES string of the molecule is N#Cc1ccc(CCC(=O)N2CCCc3cc(C(=O)NCC4CCCCC4)ccc32)cc1. The zero-order valence-corrected chi connectivity index (χ0v) is 18.6. The largest absolute Gasteiger partial charge is 0.352 e. The topological polar surface area (TPSA) is 73.2 Å². The van der Waals surface area contributed by atoms with Gasteiger partial charge in [-0.1, -0.05) is 31.4 Å². The number of nitrogens with zero attached hydrogens (tertiary/aromatic N) is 2. The Hall–Kier alpha value is -3.13. The minimum Gasteiger partial charge on any atom is -0.352 e. The standard InChI is InChI=1S/C27H31N3O2/c28-18-21-10-8-20(9-11-21)12-15-26(31)30-16-4-7-23-17-24(13-14-25(23)30)27(32)29-19-22-5-2-1-3-6-22/h8-11,13-14,17,22H,1-7,12,15-16,19H2,(H,29,32). The fourth-order valence-electron chi connectivity index (χ4n) is 4.86. The molecule has 0 aromatic heterocycles. The predicted molar refractivity (Wildman–Crippen MR) is 126 cm³/mol. The first-order valence-electron chi connectivity index (χ1n) is 11.8. The van der Waals surface area contributed by atoms with E-state index in [1.807, 2.05) is 35.2 Å². The molecule has 2 aromatic rings. The third-order valence-electron chi connectivity index (χ3n) is 6.75. The van der Waals surface area contributed by atoms with Crippen LogP contribution in [-0.4, -0.2) is 24.9 Å². The number of aryl methyl sites for hydroxylation is 2. The van der Waals surface area contributed by atoms with Crippen molar-refractivity contribution in [2.75, 3.05) is 18.0 Å². The summed E-state index contributed by atoms with van der Waals surface area (Å²) >= 11 is 0. The highest BCUT2D eigenvalue weighted by Gasteiger charge is 2.23. The van der Waals surface area contributed by atoms with Crippen molar-refractivity contribution < 1.29 is 9.59 Å². The molecule has 4 rings (SSSR count). The Bertz CT molecular complexity index is 1000. The van der Waals surface area contributed by atoms with E-state index < -0.39 is 0 Å². The Kier molecular flexibility index (Phi) is 7.21. The summed E-state index contributed by atoms with van der Waals surface area (Å²) in [6.45, 7) is 1.47. The van der Waals surface area contributed by atoms with Crippen LogP contribution in [0, 0.1) is 17.2 Å². The molecule has 0 saturated heterocycles. The van der Waals surface area contributed by atoms with Crippen molar-refractivity contribution >= 4 is 17.5 Å². The number of carbonyl (C=O) groups is 2. The number of hydrogen-bond acceptors (Lipinski definition) is 3. The first-order chi connectivity index (χ1) is 15.6. The highest BCUT2D eigenvalue weighted by Crippen LogP contribution is 2.29. The van der Waals surface area contributed by atoms with Gasteiger partial charge in [0.15, 0.2) is 0 Å². The fourth-order valence-corrected chi connectivity index (χ4v) is 4.86. The van der Waals surface area contributed by atoms with E-state index in [-0.39, 0.29) is 11.8 Å². The van der Waals surface area contributed by atoms with Crippen LogP contribution in [0.3, 0.4) is 0 Å². The van der Waals surface area contributed by atoms with Gasteiger partial charge in [0.2, 0.25) is 5.91 Å². The van der Waals surface area contributed by atoms with Crippen LogP contribution in [0.5, 0.6) is 0 Å². The van der Waals surface area contributed by atoms with Crippen molar-refractivity contribution in [2.24, 2.45) is 5.92 Å². The molecule has 1 aliphatic carbocycles. The maximum Gasteiger partial charge on any atom is 0.251 e. The number of nitrogens with one attached hydrogen (secondary N) is 1. The normalized spacial score (nSPS) is 16.2. The van der Waals surface area contributed by atoms with Crippen LogP contribution in [0.15, 0.2) is 42.5 Å². The summed E-state index contributed by atoms with van der Waals surface area (Å²) in [5.41, 5.74) is 4.38. The molecule has 0 atom stereocenters. The van der Waals surface area contributed by atoms with Crippen molar-refractivity contribution in [2.45, 2.75) is 57.8 Å². The quantitative estimate of drug-likeness (QED) is 0.718. The summed E-state index contributed by atoms with van der Waals surface area (Å²) in [6, 6.07) is 15.3. The molecule has 0 spiro atoms. The van der Waals surface area contributed by atoms with Gasteiger partial charge in [-0.2, -0.15) is 5.26 Å². The van der Waals surface area contributed by atoms with E-state index in [0.29, 0.717) is 36.4 Å². The zero-order valence-electron chi connectivity index (χ0n) is 18.6. The molecule has 1 N–H and O–H groups in total. The van der Waals surface area contributed by atoms with Gasteiger partial charge in [-0.3, -0.25) is 9.59 Å². The number of rotatable bonds is 6. The first-order valence-corrected chi connectivity index (χ1v) is 11.8. The van der Waals surface area contributed by atoms with E-state index in [0.717, 1.165) is 36.2 Å². The molecule has 1 saturated carbocycles. The lowest BCUT2D eigenvalue weighted by atomic mass is 9.89. The van der Waals surface area contributed by atoms with Crippen molar-refractivity contribution in [3.63, 3.8) is 0 Å². The third kappa shape index (κ3) is 5.37. The van der Waals surface area contributed by atoms with Gasteiger partial charge < -0.3 is 10.2 Å². The molecule has 5 nitrogen and oxygen atoms in total. The van der Waals surface area contributed by atoms with Crippen LogP contribution in [-0.2, 0) is 17.6 Å². The molecule has 32 heavy (non-hydrogen) atoms. The van der Waals surface area contributed by atoms with Crippen molar-refractivity contribution in [3.05, 3.63) is 64.7 Å². The lowest BCUT2D eigenvalue weighted by Crippen LogP contribution is -2.36. The van der Waals surface area contributed by atoms with E-state index in [1.54, 1.807) is 12.1 Å². The van der Waals surface area contributed by atoms with Gasteiger partial charge in [-0.25, -0.2) is 0 Å². The van der Waals surface area contributed by atoms with Gasteiger partial charge in [0, 0.05) is 30.8 Å². The van der Waals surface area contributed by atoms with E-state index in [2.05, 4.69) is 11.4 Å². The van der Waals surface area contributed by atoms with Crippen LogP contribution >= 0.6 is 0 Å². The first kappa shape index (κ1) is 22.1. The van der Waals surface area contributed by atoms with Gasteiger partial charge >= 0.3 is 0 Å². The minimum absolute atomic E-state index is 0.0114. The Balaban J connectivity index is 1.36. The number of benzene rings is 2. The fraction of sp³-hybridized carbons (Fsp3) is 0.444. The molecule has 5 heteroatoms. The summed E-state index contributed by atoms with van der Waals surface area (Å²) in [6.07, 6.45) is 9.16. The van der Waals surface area contributed by atoms with Gasteiger partial charge in [-0.05, 0) is 79.5 Å². The highest BCUT2D eigenvalue weighted by atomic mass is 16.2. The molecular weight excluding hydrogens is 398 g/mol. The maximum absolute atomic E-state index is 12.9. The lowest BCUT2D eigenvalue weighted by Gasteiger charge is -2.30. The monoisotopic (exact) mass is 429 g/mol. The Morgan fingerprint density at radius 3 is 2.56 bits per heavy atom. The molecular formula is C27H31N3O2. The average molecular weight is 430 g/mol. The summed E-state index contributed by atoms with van der Waals surface area (Å²) in [5, 5.41) is 12.0. The smallest absolute Gasteiger partial charge is 0.251 e. The van der Waals surface area contributed by atoms with Gasteiger partial charge in [0.1, 0.15) is 0 Å². The van der Waals surface area contributed by atoms with Crippen molar-refractivity contribution in [1.29, 1.82) is 5.26 Å². The van der Waals surface area contributed by atoms with E-state index in [4.69, 9.17) is 5.26 Å². The summed E-state index contributed by atoms with van der Waals surface area (Å²) in [7, 11) is 0. The van der Waals surface area contributed by atoms with Crippen molar-refractivity contribution in [1.82, 2.24) is 5.32 Å². The van der Waals surface area contributed by atoms with E-state index >= 15 is 0 Å². The molecule has 1 heterocycles. The third-order valence-corrected chi connectivity index (χ3v) is 6.75. The van der Waals surface area contributed by atoms with Gasteiger partial charge in [-0.15, -0.1) is 0 Å². The molecule has 2 aliphatic rings. The van der Waals surface area contributed by atoms with Gasteiger partial charge in [0.25, 0.3) is 5.91 Å². The molecule has 1 aliphatic heterocycles. The molecule has 0 bridgehead atoms. The summed E-state index contributed by atoms with van der Waals surface area (Å²) in [5.74, 6) is 0.696. The number of hydrogen-bond donors (Lipinski definition) is 1. The molecule has 0 radical (unpaired) electrons. The van der Waals surface area contributed by atoms with Crippen LogP contribution < -0.4 is 10.2 Å². The molecule has 1 fully saturated rings. The summed E-state index contributed by atoms with van der Waals surface area (Å²) < 4.78 is 0. The molecule has 2 amide bonds. The molecule has 0 unspecified atom stereocenters. The van der Waals surface area contributed by atoms with Crippen LogP contribution in [0.4, 0.5) is 5.69 Å². The Morgan fingerprint density at radius 1 is 1.03 bits per heavy atom. The molecule has 166 valence electrons. The van der Waals surface area contributed by atoms with Crippen molar-refractivity contribution in [3.8, 4) is 6.07 Å². The Morgan fingerprint density at radius 2 is 1.81 bits per heavy atom. The van der Waals surface area contributed by atoms with Crippen LogP contribution in [0.2, 0.25) is 0 Å². The average Bonchev–Trinajstić information content (AvgIpc) is 2.86. The predicted octanol–water partition coefficient (Wildman–Crippen LogP) is 4.78. The number of amides is 2. The van der Waals surface area contributed by atoms with Crippen LogP contribution in [0.1, 0.15) is 72.0 Å². The minimum atomic E-state index is -0.0114. The Labute approximate surface area is 190 Å². The number of fused-ring (bicyclic) bond motifs is 1. The second-order valence-corrected chi connectivity index (χ2v) is 9.02. The van der Waals surface area contributed by atoms with Crippen LogP contribution in [0.25, 0.3) is 0 Å². The zero-order chi connectivity index (χ0) is 22.3. The van der Waals surface area contributed by atoms with Gasteiger partial charge in [0.05, 0.1) is 11.6 Å². The summed E-state index contributed by atoms with van der Waals surface area (Å²) in [4.78, 5) is 27.5. The second-order valence-electron chi connectivity index (χ2n) is 9.02. The number of carbonyl (C=O) groups excluding carboxylic acids is 2. The highest BCUT2D eigenvalue weighted by molar-refractivity contribution is 5.98. The lowest BCUT2D eigenvalue weighted by molar-refractivity contribution is -0.118. The van der Waals surface area contributed by atoms with E-state index in [1.165, 1.54) is 32.1 Å². The second kappa shape index (κ2) is 10.5. The number of anilines is 1. The number of nitriles is 1. The molecule has 2 aromatic carbocycles. The maximum atomic E-state index is 12.9. The van der Waals surface area contributed by atoms with E-state index in [9.17, 15) is 9.59 Å².